The Morgan fingerprint density at radius 3 is 2.37 bits per heavy atom. The third-order valence-electron chi connectivity index (χ3n) is 2.93. The molecule has 4 heteroatoms. The molecule has 2 aromatic rings. The zero-order chi connectivity index (χ0) is 13.8. The SMILES string of the molecule is CNCc1ccc(C(O)c2ccc(F)cc2F)cc1. The van der Waals surface area contributed by atoms with Crippen molar-refractivity contribution in [3.05, 3.63) is 70.8 Å². The second kappa shape index (κ2) is 5.91. The Hall–Kier alpha value is -1.78. The highest BCUT2D eigenvalue weighted by atomic mass is 19.1. The molecule has 0 amide bonds. The van der Waals surface area contributed by atoms with Gasteiger partial charge in [0.05, 0.1) is 0 Å². The summed E-state index contributed by atoms with van der Waals surface area (Å²) in [5.74, 6) is -1.40. The monoisotopic (exact) mass is 263 g/mol. The number of aliphatic hydroxyl groups excluding tert-OH is 1. The molecule has 2 aromatic carbocycles. The van der Waals surface area contributed by atoms with Crippen LogP contribution in [0.25, 0.3) is 0 Å². The summed E-state index contributed by atoms with van der Waals surface area (Å²) < 4.78 is 26.4. The van der Waals surface area contributed by atoms with Crippen LogP contribution < -0.4 is 5.32 Å². The molecule has 1 unspecified atom stereocenters. The van der Waals surface area contributed by atoms with E-state index in [2.05, 4.69) is 5.32 Å². The normalized spacial score (nSPS) is 12.4. The van der Waals surface area contributed by atoms with E-state index in [-0.39, 0.29) is 5.56 Å². The molecule has 1 atom stereocenters. The largest absolute Gasteiger partial charge is 0.384 e. The Bertz CT molecular complexity index is 555. The molecule has 2 rings (SSSR count). The molecule has 0 spiro atoms. The first-order valence-electron chi connectivity index (χ1n) is 5.98. The average molecular weight is 263 g/mol. The van der Waals surface area contributed by atoms with Gasteiger partial charge >= 0.3 is 0 Å². The van der Waals surface area contributed by atoms with Crippen molar-refractivity contribution in [2.24, 2.45) is 0 Å². The quantitative estimate of drug-likeness (QED) is 0.889. The van der Waals surface area contributed by atoms with Gasteiger partial charge in [0.1, 0.15) is 17.7 Å². The summed E-state index contributed by atoms with van der Waals surface area (Å²) in [6.45, 7) is 0.723. The lowest BCUT2D eigenvalue weighted by Crippen LogP contribution is -2.06. The lowest BCUT2D eigenvalue weighted by Gasteiger charge is -2.13. The van der Waals surface area contributed by atoms with Crippen molar-refractivity contribution < 1.29 is 13.9 Å². The lowest BCUT2D eigenvalue weighted by atomic mass is 10.00. The van der Waals surface area contributed by atoms with Gasteiger partial charge in [-0.3, -0.25) is 0 Å². The molecule has 0 saturated heterocycles. The Labute approximate surface area is 110 Å². The number of hydrogen-bond donors (Lipinski definition) is 2. The molecule has 0 saturated carbocycles. The van der Waals surface area contributed by atoms with Crippen LogP contribution in [0.5, 0.6) is 0 Å². The second-order valence-corrected chi connectivity index (χ2v) is 4.34. The summed E-state index contributed by atoms with van der Waals surface area (Å²) in [5.41, 5.74) is 1.71. The number of rotatable bonds is 4. The smallest absolute Gasteiger partial charge is 0.132 e. The minimum absolute atomic E-state index is 0.0720. The molecule has 19 heavy (non-hydrogen) atoms. The molecule has 0 heterocycles. The van der Waals surface area contributed by atoms with E-state index < -0.39 is 17.7 Å². The lowest BCUT2D eigenvalue weighted by molar-refractivity contribution is 0.214. The van der Waals surface area contributed by atoms with Crippen LogP contribution in [0.4, 0.5) is 8.78 Å². The van der Waals surface area contributed by atoms with Crippen molar-refractivity contribution in [3.63, 3.8) is 0 Å². The van der Waals surface area contributed by atoms with Crippen molar-refractivity contribution in [2.75, 3.05) is 7.05 Å². The molecule has 2 nitrogen and oxygen atoms in total. The van der Waals surface area contributed by atoms with Crippen molar-refractivity contribution >= 4 is 0 Å². The van der Waals surface area contributed by atoms with E-state index >= 15 is 0 Å². The van der Waals surface area contributed by atoms with Crippen LogP contribution in [0.2, 0.25) is 0 Å². The third-order valence-corrected chi connectivity index (χ3v) is 2.93. The van der Waals surface area contributed by atoms with Crippen LogP contribution in [0.15, 0.2) is 42.5 Å². The highest BCUT2D eigenvalue weighted by Gasteiger charge is 2.15. The van der Waals surface area contributed by atoms with E-state index in [9.17, 15) is 13.9 Å². The van der Waals surface area contributed by atoms with E-state index in [0.717, 1.165) is 24.2 Å². The fourth-order valence-electron chi connectivity index (χ4n) is 1.92. The van der Waals surface area contributed by atoms with E-state index in [1.54, 1.807) is 12.1 Å². The molecule has 100 valence electrons. The Balaban J connectivity index is 2.25. The minimum Gasteiger partial charge on any atom is -0.384 e. The van der Waals surface area contributed by atoms with Gasteiger partial charge in [-0.2, -0.15) is 0 Å². The number of hydrogen-bond acceptors (Lipinski definition) is 2. The number of halogens is 2. The van der Waals surface area contributed by atoms with Crippen LogP contribution in [-0.2, 0) is 6.54 Å². The van der Waals surface area contributed by atoms with E-state index in [1.165, 1.54) is 6.07 Å². The van der Waals surface area contributed by atoms with Crippen LogP contribution in [0, 0.1) is 11.6 Å². The first-order valence-corrected chi connectivity index (χ1v) is 5.98. The molecule has 0 aliphatic carbocycles. The van der Waals surface area contributed by atoms with E-state index in [4.69, 9.17) is 0 Å². The van der Waals surface area contributed by atoms with Gasteiger partial charge in [0.15, 0.2) is 0 Å². The van der Waals surface area contributed by atoms with Gasteiger partial charge in [0, 0.05) is 18.2 Å². The Morgan fingerprint density at radius 1 is 1.11 bits per heavy atom. The number of aliphatic hydroxyl groups is 1. The van der Waals surface area contributed by atoms with E-state index in [1.807, 2.05) is 19.2 Å². The van der Waals surface area contributed by atoms with Gasteiger partial charge in [-0.15, -0.1) is 0 Å². The Kier molecular flexibility index (Phi) is 4.24. The second-order valence-electron chi connectivity index (χ2n) is 4.34. The van der Waals surface area contributed by atoms with Crippen molar-refractivity contribution in [1.29, 1.82) is 0 Å². The summed E-state index contributed by atoms with van der Waals surface area (Å²) in [4.78, 5) is 0. The molecule has 0 fully saturated rings. The molecule has 0 aromatic heterocycles. The van der Waals surface area contributed by atoms with Gasteiger partial charge in [-0.1, -0.05) is 30.3 Å². The summed E-state index contributed by atoms with van der Waals surface area (Å²) in [5, 5.41) is 13.1. The van der Waals surface area contributed by atoms with Crippen molar-refractivity contribution in [1.82, 2.24) is 5.32 Å². The van der Waals surface area contributed by atoms with Gasteiger partial charge < -0.3 is 10.4 Å². The van der Waals surface area contributed by atoms with Gasteiger partial charge in [-0.25, -0.2) is 8.78 Å². The van der Waals surface area contributed by atoms with E-state index in [0.29, 0.717) is 5.56 Å². The van der Waals surface area contributed by atoms with Gasteiger partial charge in [-0.05, 0) is 24.2 Å². The zero-order valence-corrected chi connectivity index (χ0v) is 10.5. The van der Waals surface area contributed by atoms with Crippen LogP contribution >= 0.6 is 0 Å². The highest BCUT2D eigenvalue weighted by molar-refractivity contribution is 5.32. The third kappa shape index (κ3) is 3.16. The zero-order valence-electron chi connectivity index (χ0n) is 10.5. The summed E-state index contributed by atoms with van der Waals surface area (Å²) in [7, 11) is 1.84. The summed E-state index contributed by atoms with van der Waals surface area (Å²) >= 11 is 0. The molecule has 2 N–H and O–H groups in total. The summed E-state index contributed by atoms with van der Waals surface area (Å²) in [6, 6.07) is 10.4. The fourth-order valence-corrected chi connectivity index (χ4v) is 1.92. The standard InChI is InChI=1S/C15H15F2NO/c1-18-9-10-2-4-11(5-3-10)15(19)13-7-6-12(16)8-14(13)17/h2-8,15,18-19H,9H2,1H3. The minimum atomic E-state index is -1.09. The van der Waals surface area contributed by atoms with Crippen LogP contribution in [0.3, 0.4) is 0 Å². The topological polar surface area (TPSA) is 32.3 Å². The first-order chi connectivity index (χ1) is 9.11. The summed E-state index contributed by atoms with van der Waals surface area (Å²) in [6.07, 6.45) is -1.09. The molecule has 0 aliphatic rings. The van der Waals surface area contributed by atoms with Crippen LogP contribution in [0.1, 0.15) is 22.8 Å². The van der Waals surface area contributed by atoms with Gasteiger partial charge in [0.25, 0.3) is 0 Å². The highest BCUT2D eigenvalue weighted by Crippen LogP contribution is 2.25. The molecule has 0 bridgehead atoms. The molecular formula is C15H15F2NO. The maximum atomic E-state index is 13.6. The average Bonchev–Trinajstić information content (AvgIpc) is 2.39. The molecule has 0 aliphatic heterocycles. The van der Waals surface area contributed by atoms with Crippen LogP contribution in [-0.4, -0.2) is 12.2 Å². The van der Waals surface area contributed by atoms with Crippen molar-refractivity contribution in [3.8, 4) is 0 Å². The predicted molar refractivity (Wildman–Crippen MR) is 69.6 cm³/mol. The maximum absolute atomic E-state index is 13.6. The maximum Gasteiger partial charge on any atom is 0.132 e. The fraction of sp³-hybridized carbons (Fsp3) is 0.200. The Morgan fingerprint density at radius 2 is 1.79 bits per heavy atom. The number of nitrogens with one attached hydrogen (secondary N) is 1. The van der Waals surface area contributed by atoms with Gasteiger partial charge in [0.2, 0.25) is 0 Å². The van der Waals surface area contributed by atoms with Crippen molar-refractivity contribution in [2.45, 2.75) is 12.6 Å². The predicted octanol–water partition coefficient (Wildman–Crippen LogP) is 2.77. The number of benzene rings is 2. The molecule has 0 radical (unpaired) electrons. The molecular weight excluding hydrogens is 248 g/mol. The first kappa shape index (κ1) is 13.6.